The number of likely N-dealkylation sites (tertiary alicyclic amines) is 1. The predicted octanol–water partition coefficient (Wildman–Crippen LogP) is 1.97. The summed E-state index contributed by atoms with van der Waals surface area (Å²) >= 11 is 0. The van der Waals surface area contributed by atoms with E-state index < -0.39 is 0 Å². The third-order valence-corrected chi connectivity index (χ3v) is 7.60. The molecule has 0 aromatic heterocycles. The molecule has 4 aliphatic rings. The molecule has 2 unspecified atom stereocenters. The lowest BCUT2D eigenvalue weighted by atomic mass is 9.76. The Labute approximate surface area is 188 Å². The van der Waals surface area contributed by atoms with Crippen LogP contribution in [-0.2, 0) is 16.0 Å². The van der Waals surface area contributed by atoms with Gasteiger partial charge in [-0.3, -0.25) is 9.59 Å². The topological polar surface area (TPSA) is 64.2 Å². The molecule has 5 rings (SSSR count). The van der Waals surface area contributed by atoms with E-state index in [0.29, 0.717) is 62.6 Å². The summed E-state index contributed by atoms with van der Waals surface area (Å²) in [5, 5.41) is 0. The zero-order valence-electron chi connectivity index (χ0n) is 18.4. The minimum absolute atomic E-state index is 0.0303. The van der Waals surface area contributed by atoms with Crippen LogP contribution in [0.2, 0.25) is 0 Å². The molecule has 0 saturated carbocycles. The van der Waals surface area contributed by atoms with Crippen LogP contribution in [0.5, 0.6) is 0 Å². The number of hydrogen-bond donors (Lipinski definition) is 0. The number of fused-ring (bicyclic) bond motifs is 4. The lowest BCUT2D eigenvalue weighted by Gasteiger charge is -2.53. The molecule has 0 aliphatic carbocycles. The molecule has 1 aromatic carbocycles. The summed E-state index contributed by atoms with van der Waals surface area (Å²) in [7, 11) is 0. The van der Waals surface area contributed by atoms with Crippen LogP contribution in [-0.4, -0.2) is 89.3 Å². The van der Waals surface area contributed by atoms with Crippen molar-refractivity contribution >= 4 is 17.8 Å². The molecular formula is C24H31FN4O3. The third kappa shape index (κ3) is 4.19. The molecular weight excluding hydrogens is 411 g/mol. The Morgan fingerprint density at radius 1 is 1.00 bits per heavy atom. The fourth-order valence-electron chi connectivity index (χ4n) is 6.05. The fraction of sp³-hybridized carbons (Fsp3) is 0.625. The number of amides is 4. The predicted molar refractivity (Wildman–Crippen MR) is 116 cm³/mol. The standard InChI is InChI=1S/C24H31FN4O3/c25-20-4-1-3-17(12-20)13-23(31)26-7-9-27(10-8-26)24(32)28-14-18-11-19(16-28)21-5-2-6-22(30)29(21)15-18/h1,3-4,12,18-19,21H,2,5-11,13-16H2/t18?,19?,21-/m1/s1. The highest BCUT2D eigenvalue weighted by molar-refractivity contribution is 5.80. The van der Waals surface area contributed by atoms with Crippen LogP contribution in [0, 0.1) is 17.7 Å². The zero-order chi connectivity index (χ0) is 22.2. The van der Waals surface area contributed by atoms with Gasteiger partial charge in [-0.15, -0.1) is 0 Å². The lowest BCUT2D eigenvalue weighted by molar-refractivity contribution is -0.144. The van der Waals surface area contributed by atoms with Crippen molar-refractivity contribution in [3.63, 3.8) is 0 Å². The van der Waals surface area contributed by atoms with Crippen LogP contribution in [0.1, 0.15) is 31.2 Å². The van der Waals surface area contributed by atoms with Gasteiger partial charge in [-0.25, -0.2) is 9.18 Å². The van der Waals surface area contributed by atoms with Crippen LogP contribution in [0.3, 0.4) is 0 Å². The van der Waals surface area contributed by atoms with Gasteiger partial charge in [-0.05, 0) is 48.8 Å². The largest absolute Gasteiger partial charge is 0.339 e. The molecule has 0 N–H and O–H groups in total. The van der Waals surface area contributed by atoms with Gasteiger partial charge in [0.2, 0.25) is 11.8 Å². The molecule has 1 aromatic rings. The number of carbonyl (C=O) groups excluding carboxylic acids is 3. The van der Waals surface area contributed by atoms with Crippen LogP contribution in [0.4, 0.5) is 9.18 Å². The Balaban J connectivity index is 1.15. The summed E-state index contributed by atoms with van der Waals surface area (Å²) in [6.07, 6.45) is 3.97. The smallest absolute Gasteiger partial charge is 0.320 e. The number of halogens is 1. The molecule has 4 fully saturated rings. The van der Waals surface area contributed by atoms with Crippen molar-refractivity contribution in [3.05, 3.63) is 35.6 Å². The number of piperidine rings is 3. The SMILES string of the molecule is O=C(Cc1cccc(F)c1)N1CCN(C(=O)N2CC3CC(C2)[C@H]2CCCC(=O)N2C3)CC1. The van der Waals surface area contributed by atoms with E-state index in [1.807, 2.05) is 9.80 Å². The highest BCUT2D eigenvalue weighted by Crippen LogP contribution is 2.38. The fourth-order valence-corrected chi connectivity index (χ4v) is 6.05. The maximum absolute atomic E-state index is 13.4. The number of hydrogen-bond acceptors (Lipinski definition) is 3. The van der Waals surface area contributed by atoms with Crippen molar-refractivity contribution in [2.75, 3.05) is 45.8 Å². The average molecular weight is 443 g/mol. The Morgan fingerprint density at radius 2 is 1.78 bits per heavy atom. The minimum atomic E-state index is -0.335. The molecule has 2 bridgehead atoms. The molecule has 3 atom stereocenters. The van der Waals surface area contributed by atoms with Crippen molar-refractivity contribution in [1.29, 1.82) is 0 Å². The van der Waals surface area contributed by atoms with Gasteiger partial charge >= 0.3 is 6.03 Å². The quantitative estimate of drug-likeness (QED) is 0.704. The zero-order valence-corrected chi connectivity index (χ0v) is 18.4. The summed E-state index contributed by atoms with van der Waals surface area (Å²) in [6.45, 7) is 4.28. The molecule has 4 aliphatic heterocycles. The average Bonchev–Trinajstić information content (AvgIpc) is 2.79. The maximum atomic E-state index is 13.4. The van der Waals surface area contributed by atoms with E-state index in [9.17, 15) is 18.8 Å². The molecule has 7 nitrogen and oxygen atoms in total. The molecule has 4 amide bonds. The molecule has 8 heteroatoms. The van der Waals surface area contributed by atoms with Gasteiger partial charge in [0.1, 0.15) is 5.82 Å². The van der Waals surface area contributed by atoms with Crippen molar-refractivity contribution in [1.82, 2.24) is 19.6 Å². The van der Waals surface area contributed by atoms with Gasteiger partial charge < -0.3 is 19.6 Å². The van der Waals surface area contributed by atoms with E-state index in [-0.39, 0.29) is 30.1 Å². The first-order valence-corrected chi connectivity index (χ1v) is 11.8. The van der Waals surface area contributed by atoms with E-state index in [2.05, 4.69) is 4.90 Å². The maximum Gasteiger partial charge on any atom is 0.320 e. The van der Waals surface area contributed by atoms with Gasteiger partial charge in [-0.1, -0.05) is 12.1 Å². The Kier molecular flexibility index (Phi) is 5.78. The molecule has 0 spiro atoms. The highest BCUT2D eigenvalue weighted by Gasteiger charge is 2.45. The Bertz CT molecular complexity index is 901. The molecule has 172 valence electrons. The number of urea groups is 1. The van der Waals surface area contributed by atoms with Gasteiger partial charge in [0, 0.05) is 58.3 Å². The molecule has 0 radical (unpaired) electrons. The van der Waals surface area contributed by atoms with E-state index in [1.54, 1.807) is 17.0 Å². The second-order valence-electron chi connectivity index (χ2n) is 9.73. The van der Waals surface area contributed by atoms with Crippen molar-refractivity contribution < 1.29 is 18.8 Å². The number of piperazine rings is 1. The van der Waals surface area contributed by atoms with E-state index >= 15 is 0 Å². The molecule has 32 heavy (non-hydrogen) atoms. The Morgan fingerprint density at radius 3 is 2.56 bits per heavy atom. The lowest BCUT2D eigenvalue weighted by Crippen LogP contribution is -2.63. The van der Waals surface area contributed by atoms with Crippen molar-refractivity contribution in [2.24, 2.45) is 11.8 Å². The van der Waals surface area contributed by atoms with Gasteiger partial charge in [0.25, 0.3) is 0 Å². The number of rotatable bonds is 2. The summed E-state index contributed by atoms with van der Waals surface area (Å²) in [6, 6.07) is 6.50. The van der Waals surface area contributed by atoms with Crippen LogP contribution >= 0.6 is 0 Å². The highest BCUT2D eigenvalue weighted by atomic mass is 19.1. The van der Waals surface area contributed by atoms with Gasteiger partial charge in [-0.2, -0.15) is 0 Å². The monoisotopic (exact) mass is 442 g/mol. The van der Waals surface area contributed by atoms with E-state index in [0.717, 1.165) is 32.4 Å². The van der Waals surface area contributed by atoms with Crippen LogP contribution in [0.15, 0.2) is 24.3 Å². The summed E-state index contributed by atoms with van der Waals surface area (Å²) in [5.74, 6) is 0.666. The summed E-state index contributed by atoms with van der Waals surface area (Å²) in [5.41, 5.74) is 0.670. The summed E-state index contributed by atoms with van der Waals surface area (Å²) < 4.78 is 13.4. The van der Waals surface area contributed by atoms with E-state index in [1.165, 1.54) is 12.1 Å². The first-order valence-electron chi connectivity index (χ1n) is 11.8. The number of benzene rings is 1. The molecule has 4 saturated heterocycles. The minimum Gasteiger partial charge on any atom is -0.339 e. The normalized spacial score (nSPS) is 27.9. The first-order chi connectivity index (χ1) is 15.5. The number of nitrogens with zero attached hydrogens (tertiary/aromatic N) is 4. The van der Waals surface area contributed by atoms with Crippen molar-refractivity contribution in [2.45, 2.75) is 38.1 Å². The first kappa shape index (κ1) is 21.2. The second-order valence-corrected chi connectivity index (χ2v) is 9.73. The van der Waals surface area contributed by atoms with E-state index in [4.69, 9.17) is 0 Å². The van der Waals surface area contributed by atoms with Crippen LogP contribution < -0.4 is 0 Å². The van der Waals surface area contributed by atoms with Crippen LogP contribution in [0.25, 0.3) is 0 Å². The molecule has 4 heterocycles. The number of carbonyl (C=O) groups is 3. The van der Waals surface area contributed by atoms with Crippen molar-refractivity contribution in [3.8, 4) is 0 Å². The third-order valence-electron chi connectivity index (χ3n) is 7.60. The summed E-state index contributed by atoms with van der Waals surface area (Å²) in [4.78, 5) is 45.9. The Hall–Kier alpha value is -2.64. The van der Waals surface area contributed by atoms with Gasteiger partial charge in [0.05, 0.1) is 6.42 Å². The van der Waals surface area contributed by atoms with Gasteiger partial charge in [0.15, 0.2) is 0 Å². The second kappa shape index (κ2) is 8.71.